The van der Waals surface area contributed by atoms with Crippen LogP contribution in [0.2, 0.25) is 0 Å². The summed E-state index contributed by atoms with van der Waals surface area (Å²) in [5.41, 5.74) is 9.73. The molecule has 0 saturated carbocycles. The van der Waals surface area contributed by atoms with E-state index in [2.05, 4.69) is 51.3 Å². The zero-order chi connectivity index (χ0) is 13.4. The Balaban J connectivity index is 1.93. The summed E-state index contributed by atoms with van der Waals surface area (Å²) >= 11 is 4.06. The number of rotatable bonds is 3. The highest BCUT2D eigenvalue weighted by atomic mass is 127. The second-order valence-electron chi connectivity index (χ2n) is 4.58. The van der Waals surface area contributed by atoms with Gasteiger partial charge in [0.25, 0.3) is 0 Å². The molecule has 0 bridgehead atoms. The Morgan fingerprint density at radius 3 is 2.95 bits per heavy atom. The largest absolute Gasteiger partial charge is 0.324 e. The van der Waals surface area contributed by atoms with E-state index in [4.69, 9.17) is 5.73 Å². The predicted molar refractivity (Wildman–Crippen MR) is 88.4 cm³/mol. The summed E-state index contributed by atoms with van der Waals surface area (Å²) in [5.74, 6) is 0. The van der Waals surface area contributed by atoms with E-state index in [-0.39, 0.29) is 6.04 Å². The standard InChI is InChI=1S/C14H14IN3S/c1-18-13-5-3-2-4-10(13)12(17-18)7-11(16)9-6-14(15)19-8-9/h2-6,8,11H,7,16H2,1H3. The van der Waals surface area contributed by atoms with Crippen molar-refractivity contribution < 1.29 is 0 Å². The number of fused-ring (bicyclic) bond motifs is 1. The minimum Gasteiger partial charge on any atom is -0.324 e. The minimum absolute atomic E-state index is 0.0121. The van der Waals surface area contributed by atoms with E-state index in [0.29, 0.717) is 0 Å². The van der Waals surface area contributed by atoms with E-state index in [1.807, 2.05) is 23.9 Å². The van der Waals surface area contributed by atoms with E-state index >= 15 is 0 Å². The lowest BCUT2D eigenvalue weighted by Crippen LogP contribution is -2.13. The van der Waals surface area contributed by atoms with Crippen molar-refractivity contribution in [3.63, 3.8) is 0 Å². The molecule has 0 radical (unpaired) electrons. The molecule has 3 nitrogen and oxygen atoms in total. The number of thiophene rings is 1. The average molecular weight is 383 g/mol. The van der Waals surface area contributed by atoms with Gasteiger partial charge in [-0.15, -0.1) is 11.3 Å². The van der Waals surface area contributed by atoms with Crippen LogP contribution in [-0.4, -0.2) is 9.78 Å². The van der Waals surface area contributed by atoms with Crippen LogP contribution in [0, 0.1) is 2.88 Å². The Morgan fingerprint density at radius 2 is 2.21 bits per heavy atom. The minimum atomic E-state index is 0.0121. The van der Waals surface area contributed by atoms with Crippen molar-refractivity contribution in [3.05, 3.63) is 49.9 Å². The summed E-state index contributed by atoms with van der Waals surface area (Å²) < 4.78 is 3.20. The Kier molecular flexibility index (Phi) is 3.60. The zero-order valence-corrected chi connectivity index (χ0v) is 13.5. The van der Waals surface area contributed by atoms with Crippen LogP contribution in [0.15, 0.2) is 35.7 Å². The Hall–Kier alpha value is -0.920. The van der Waals surface area contributed by atoms with Gasteiger partial charge in [-0.2, -0.15) is 5.10 Å². The number of nitrogens with two attached hydrogens (primary N) is 1. The smallest absolute Gasteiger partial charge is 0.0722 e. The second-order valence-corrected chi connectivity index (χ2v) is 7.39. The molecule has 0 aliphatic carbocycles. The molecule has 0 spiro atoms. The van der Waals surface area contributed by atoms with Gasteiger partial charge < -0.3 is 5.73 Å². The average Bonchev–Trinajstić information content (AvgIpc) is 2.96. The number of aromatic nitrogens is 2. The van der Waals surface area contributed by atoms with Gasteiger partial charge in [-0.1, -0.05) is 18.2 Å². The van der Waals surface area contributed by atoms with Gasteiger partial charge in [-0.3, -0.25) is 4.68 Å². The third-order valence-electron chi connectivity index (χ3n) is 3.26. The Labute approximate surface area is 129 Å². The van der Waals surface area contributed by atoms with Crippen LogP contribution in [0.25, 0.3) is 10.9 Å². The van der Waals surface area contributed by atoms with Crippen LogP contribution in [0.3, 0.4) is 0 Å². The SMILES string of the molecule is Cn1nc(CC(N)c2csc(I)c2)c2ccccc21. The molecule has 0 aliphatic rings. The van der Waals surface area contributed by atoms with Gasteiger partial charge in [-0.05, 0) is 45.7 Å². The van der Waals surface area contributed by atoms with Crippen LogP contribution in [0.1, 0.15) is 17.3 Å². The molecular formula is C14H14IN3S. The van der Waals surface area contributed by atoms with Crippen LogP contribution in [-0.2, 0) is 13.5 Å². The van der Waals surface area contributed by atoms with Gasteiger partial charge in [0.05, 0.1) is 14.1 Å². The van der Waals surface area contributed by atoms with E-state index in [1.54, 1.807) is 11.3 Å². The first kappa shape index (κ1) is 13.1. The number of benzene rings is 1. The third kappa shape index (κ3) is 2.54. The fourth-order valence-electron chi connectivity index (χ4n) is 2.28. The van der Waals surface area contributed by atoms with Crippen LogP contribution >= 0.6 is 33.9 Å². The van der Waals surface area contributed by atoms with Gasteiger partial charge >= 0.3 is 0 Å². The lowest BCUT2D eigenvalue weighted by molar-refractivity contribution is 0.684. The first-order valence-electron chi connectivity index (χ1n) is 6.05. The van der Waals surface area contributed by atoms with Crippen molar-refractivity contribution in [3.8, 4) is 0 Å². The molecule has 1 aromatic carbocycles. The maximum atomic E-state index is 6.29. The molecule has 19 heavy (non-hydrogen) atoms. The number of hydrogen-bond acceptors (Lipinski definition) is 3. The summed E-state index contributed by atoms with van der Waals surface area (Å²) in [7, 11) is 1.98. The van der Waals surface area contributed by atoms with Crippen molar-refractivity contribution in [1.82, 2.24) is 9.78 Å². The molecule has 2 N–H and O–H groups in total. The first-order valence-corrected chi connectivity index (χ1v) is 8.01. The van der Waals surface area contributed by atoms with E-state index in [0.717, 1.165) is 17.6 Å². The monoisotopic (exact) mass is 383 g/mol. The summed E-state index contributed by atoms with van der Waals surface area (Å²) in [6, 6.07) is 10.5. The molecule has 2 aromatic heterocycles. The van der Waals surface area contributed by atoms with Crippen LogP contribution in [0.5, 0.6) is 0 Å². The molecule has 0 aliphatic heterocycles. The first-order chi connectivity index (χ1) is 9.15. The number of halogens is 1. The fraction of sp³-hybridized carbons (Fsp3) is 0.214. The van der Waals surface area contributed by atoms with Crippen molar-refractivity contribution >= 4 is 44.8 Å². The maximum Gasteiger partial charge on any atom is 0.0722 e. The molecule has 5 heteroatoms. The zero-order valence-electron chi connectivity index (χ0n) is 10.5. The number of nitrogens with zero attached hydrogens (tertiary/aromatic N) is 2. The van der Waals surface area contributed by atoms with Gasteiger partial charge in [0.15, 0.2) is 0 Å². The van der Waals surface area contributed by atoms with Crippen LogP contribution < -0.4 is 5.73 Å². The van der Waals surface area contributed by atoms with E-state index in [1.165, 1.54) is 13.8 Å². The molecule has 98 valence electrons. The van der Waals surface area contributed by atoms with Crippen LogP contribution in [0.4, 0.5) is 0 Å². The van der Waals surface area contributed by atoms with Gasteiger partial charge in [0.2, 0.25) is 0 Å². The van der Waals surface area contributed by atoms with E-state index in [9.17, 15) is 0 Å². The second kappa shape index (κ2) is 5.22. The molecule has 0 fully saturated rings. The van der Waals surface area contributed by atoms with Gasteiger partial charge in [-0.25, -0.2) is 0 Å². The molecular weight excluding hydrogens is 369 g/mol. The molecule has 2 heterocycles. The predicted octanol–water partition coefficient (Wildman–Crippen LogP) is 3.48. The molecule has 1 atom stereocenters. The number of aryl methyl sites for hydroxylation is 1. The molecule has 3 aromatic rings. The number of para-hydroxylation sites is 1. The molecule has 0 amide bonds. The lowest BCUT2D eigenvalue weighted by atomic mass is 10.0. The van der Waals surface area contributed by atoms with Gasteiger partial charge in [0, 0.05) is 24.9 Å². The lowest BCUT2D eigenvalue weighted by Gasteiger charge is -2.07. The van der Waals surface area contributed by atoms with Crippen molar-refractivity contribution in [2.24, 2.45) is 12.8 Å². The molecule has 3 rings (SSSR count). The highest BCUT2D eigenvalue weighted by Crippen LogP contribution is 2.26. The highest BCUT2D eigenvalue weighted by Gasteiger charge is 2.14. The normalized spacial score (nSPS) is 13.0. The summed E-state index contributed by atoms with van der Waals surface area (Å²) in [4.78, 5) is 0. The number of hydrogen-bond donors (Lipinski definition) is 1. The van der Waals surface area contributed by atoms with Crippen molar-refractivity contribution in [1.29, 1.82) is 0 Å². The van der Waals surface area contributed by atoms with Crippen molar-refractivity contribution in [2.75, 3.05) is 0 Å². The Morgan fingerprint density at radius 1 is 1.42 bits per heavy atom. The highest BCUT2D eigenvalue weighted by molar-refractivity contribution is 14.1. The Bertz CT molecular complexity index is 716. The summed E-state index contributed by atoms with van der Waals surface area (Å²) in [5, 5.41) is 7.94. The molecule has 0 saturated heterocycles. The fourth-order valence-corrected chi connectivity index (χ4v) is 3.72. The summed E-state index contributed by atoms with van der Waals surface area (Å²) in [6.07, 6.45) is 0.772. The topological polar surface area (TPSA) is 43.8 Å². The molecule has 1 unspecified atom stereocenters. The van der Waals surface area contributed by atoms with E-state index < -0.39 is 0 Å². The maximum absolute atomic E-state index is 6.29. The third-order valence-corrected chi connectivity index (χ3v) is 5.07. The summed E-state index contributed by atoms with van der Waals surface area (Å²) in [6.45, 7) is 0. The van der Waals surface area contributed by atoms with Gasteiger partial charge in [0.1, 0.15) is 0 Å². The quantitative estimate of drug-likeness (QED) is 0.704. The van der Waals surface area contributed by atoms with Crippen molar-refractivity contribution in [2.45, 2.75) is 12.5 Å².